The van der Waals surface area contributed by atoms with Crippen molar-refractivity contribution in [1.29, 1.82) is 0 Å². The maximum atomic E-state index is 14.5. The Morgan fingerprint density at radius 2 is 1.66 bits per heavy atom. The lowest BCUT2D eigenvalue weighted by Gasteiger charge is -2.11. The highest BCUT2D eigenvalue weighted by molar-refractivity contribution is 6.06. The highest BCUT2D eigenvalue weighted by Crippen LogP contribution is 2.30. The number of carbonyl (C=O) groups is 1. The van der Waals surface area contributed by atoms with Gasteiger partial charge in [0.15, 0.2) is 11.6 Å². The third-order valence-electron chi connectivity index (χ3n) is 5.79. The molecule has 35 heavy (non-hydrogen) atoms. The monoisotopic (exact) mass is 473 g/mol. The lowest BCUT2D eigenvalue weighted by molar-refractivity contribution is 0.102. The first-order valence-corrected chi connectivity index (χ1v) is 10.7. The van der Waals surface area contributed by atoms with Crippen LogP contribution in [0.2, 0.25) is 0 Å². The molecule has 8 heteroatoms. The van der Waals surface area contributed by atoms with Gasteiger partial charge in [0.1, 0.15) is 5.82 Å². The van der Waals surface area contributed by atoms with E-state index in [0.717, 1.165) is 10.6 Å². The zero-order valence-electron chi connectivity index (χ0n) is 18.4. The number of hydrogen-bond donors (Lipinski definition) is 2. The average Bonchev–Trinajstić information content (AvgIpc) is 3.18. The number of aromatic nitrogens is 2. The van der Waals surface area contributed by atoms with Crippen LogP contribution in [0.25, 0.3) is 27.8 Å². The van der Waals surface area contributed by atoms with Gasteiger partial charge in [-0.1, -0.05) is 30.3 Å². The summed E-state index contributed by atoms with van der Waals surface area (Å²) in [7, 11) is 0. The van der Waals surface area contributed by atoms with E-state index in [9.17, 15) is 22.8 Å². The van der Waals surface area contributed by atoms with Crippen LogP contribution >= 0.6 is 0 Å². The Hall–Kier alpha value is -4.59. The number of fused-ring (bicyclic) bond motifs is 1. The number of rotatable bonds is 4. The van der Waals surface area contributed by atoms with E-state index in [1.807, 2.05) is 0 Å². The minimum absolute atomic E-state index is 0.207. The van der Waals surface area contributed by atoms with Crippen LogP contribution in [0.1, 0.15) is 15.9 Å². The van der Waals surface area contributed by atoms with E-state index in [1.54, 1.807) is 43.3 Å². The quantitative estimate of drug-likeness (QED) is 0.338. The topological polar surface area (TPSA) is 66.9 Å². The number of H-pyrrole nitrogens is 1. The molecule has 5 nitrogen and oxygen atoms in total. The SMILES string of the molecule is Cc1ccc(-c2cccc3c2[nH]c(=O)n3-c2cccc(F)c2F)cc1C(=O)Nc1ccc(F)cc1. The summed E-state index contributed by atoms with van der Waals surface area (Å²) in [6.07, 6.45) is 0. The minimum atomic E-state index is -1.13. The third kappa shape index (κ3) is 3.99. The Labute approximate surface area is 197 Å². The maximum absolute atomic E-state index is 14.5. The van der Waals surface area contributed by atoms with Crippen molar-refractivity contribution in [2.75, 3.05) is 5.32 Å². The summed E-state index contributed by atoms with van der Waals surface area (Å²) >= 11 is 0. The smallest absolute Gasteiger partial charge is 0.322 e. The van der Waals surface area contributed by atoms with Crippen molar-refractivity contribution in [3.8, 4) is 16.8 Å². The van der Waals surface area contributed by atoms with Crippen LogP contribution in [-0.4, -0.2) is 15.5 Å². The fourth-order valence-corrected chi connectivity index (χ4v) is 4.04. The number of benzene rings is 4. The number of imidazole rings is 1. The average molecular weight is 473 g/mol. The molecule has 5 aromatic rings. The summed E-state index contributed by atoms with van der Waals surface area (Å²) in [6.45, 7) is 1.79. The van der Waals surface area contributed by atoms with Crippen molar-refractivity contribution in [2.45, 2.75) is 6.92 Å². The Kier molecular flexibility index (Phi) is 5.49. The lowest BCUT2D eigenvalue weighted by atomic mass is 9.98. The molecule has 0 aliphatic rings. The molecular weight excluding hydrogens is 455 g/mol. The van der Waals surface area contributed by atoms with Crippen molar-refractivity contribution in [1.82, 2.24) is 9.55 Å². The van der Waals surface area contributed by atoms with E-state index in [1.165, 1.54) is 36.4 Å². The van der Waals surface area contributed by atoms with E-state index < -0.39 is 23.1 Å². The molecule has 1 heterocycles. The molecule has 0 spiro atoms. The van der Waals surface area contributed by atoms with Gasteiger partial charge >= 0.3 is 5.69 Å². The molecule has 1 aromatic heterocycles. The van der Waals surface area contributed by atoms with E-state index in [4.69, 9.17) is 0 Å². The molecule has 174 valence electrons. The first-order valence-electron chi connectivity index (χ1n) is 10.7. The minimum Gasteiger partial charge on any atom is -0.322 e. The molecule has 0 atom stereocenters. The number of anilines is 1. The molecule has 0 unspecified atom stereocenters. The van der Waals surface area contributed by atoms with Gasteiger partial charge in [-0.25, -0.2) is 18.0 Å². The van der Waals surface area contributed by atoms with Gasteiger partial charge in [-0.05, 0) is 66.6 Å². The van der Waals surface area contributed by atoms with Gasteiger partial charge < -0.3 is 10.3 Å². The summed E-state index contributed by atoms with van der Waals surface area (Å²) in [4.78, 5) is 28.4. The molecule has 0 aliphatic heterocycles. The number of aromatic amines is 1. The Morgan fingerprint density at radius 3 is 2.43 bits per heavy atom. The largest absolute Gasteiger partial charge is 0.331 e. The highest BCUT2D eigenvalue weighted by atomic mass is 19.2. The van der Waals surface area contributed by atoms with Gasteiger partial charge in [-0.2, -0.15) is 0 Å². The van der Waals surface area contributed by atoms with Gasteiger partial charge in [0.25, 0.3) is 5.91 Å². The van der Waals surface area contributed by atoms with Gasteiger partial charge in [0.05, 0.1) is 16.7 Å². The van der Waals surface area contributed by atoms with Crippen LogP contribution in [0.4, 0.5) is 18.9 Å². The molecule has 0 aliphatic carbocycles. The summed E-state index contributed by atoms with van der Waals surface area (Å²) in [5, 5.41) is 2.74. The molecule has 2 N–H and O–H groups in total. The second kappa shape index (κ2) is 8.64. The zero-order valence-corrected chi connectivity index (χ0v) is 18.4. The van der Waals surface area contributed by atoms with Crippen LogP contribution in [0.3, 0.4) is 0 Å². The summed E-state index contributed by atoms with van der Waals surface area (Å²) in [5.74, 6) is -2.98. The Balaban J connectivity index is 1.60. The van der Waals surface area contributed by atoms with Crippen LogP contribution in [0.5, 0.6) is 0 Å². The molecule has 0 saturated heterocycles. The number of hydrogen-bond acceptors (Lipinski definition) is 2. The number of nitrogens with one attached hydrogen (secondary N) is 2. The first-order chi connectivity index (χ1) is 16.8. The van der Waals surface area contributed by atoms with E-state index in [-0.39, 0.29) is 11.6 Å². The van der Waals surface area contributed by atoms with Crippen molar-refractivity contribution in [3.63, 3.8) is 0 Å². The summed E-state index contributed by atoms with van der Waals surface area (Å²) < 4.78 is 42.6. The third-order valence-corrected chi connectivity index (χ3v) is 5.79. The van der Waals surface area contributed by atoms with Crippen molar-refractivity contribution in [3.05, 3.63) is 118 Å². The van der Waals surface area contributed by atoms with E-state index in [2.05, 4.69) is 10.3 Å². The predicted molar refractivity (Wildman–Crippen MR) is 128 cm³/mol. The maximum Gasteiger partial charge on any atom is 0.331 e. The zero-order chi connectivity index (χ0) is 24.7. The Morgan fingerprint density at radius 1 is 0.914 bits per heavy atom. The molecule has 0 fully saturated rings. The number of aryl methyl sites for hydroxylation is 1. The molecule has 4 aromatic carbocycles. The molecule has 0 radical (unpaired) electrons. The van der Waals surface area contributed by atoms with Crippen molar-refractivity contribution >= 4 is 22.6 Å². The van der Waals surface area contributed by atoms with E-state index >= 15 is 0 Å². The Bertz CT molecular complexity index is 1650. The fraction of sp³-hybridized carbons (Fsp3) is 0.0370. The van der Waals surface area contributed by atoms with Crippen LogP contribution < -0.4 is 11.0 Å². The van der Waals surface area contributed by atoms with Gasteiger partial charge in [-0.3, -0.25) is 9.36 Å². The van der Waals surface area contributed by atoms with Gasteiger partial charge in [-0.15, -0.1) is 0 Å². The van der Waals surface area contributed by atoms with Crippen LogP contribution in [0, 0.1) is 24.4 Å². The number of nitrogens with zero attached hydrogens (tertiary/aromatic N) is 1. The highest BCUT2D eigenvalue weighted by Gasteiger charge is 2.18. The van der Waals surface area contributed by atoms with Crippen molar-refractivity contribution < 1.29 is 18.0 Å². The fourth-order valence-electron chi connectivity index (χ4n) is 4.04. The lowest BCUT2D eigenvalue weighted by Crippen LogP contribution is -2.16. The number of carbonyl (C=O) groups excluding carboxylic acids is 1. The van der Waals surface area contributed by atoms with Crippen molar-refractivity contribution in [2.24, 2.45) is 0 Å². The van der Waals surface area contributed by atoms with Crippen LogP contribution in [-0.2, 0) is 0 Å². The van der Waals surface area contributed by atoms with E-state index in [0.29, 0.717) is 39.0 Å². The molecule has 0 saturated carbocycles. The summed E-state index contributed by atoms with van der Waals surface area (Å²) in [6, 6.07) is 19.4. The number of amides is 1. The first kappa shape index (κ1) is 22.2. The van der Waals surface area contributed by atoms with Gasteiger partial charge in [0.2, 0.25) is 0 Å². The standard InChI is InChI=1S/C27H18F3N3O2/c1-15-8-9-16(14-20(15)26(34)31-18-12-10-17(28)11-13-18)19-4-2-7-23-25(19)32-27(35)33(23)22-6-3-5-21(29)24(22)30/h2-14H,1H3,(H,31,34)(H,32,35). The summed E-state index contributed by atoms with van der Waals surface area (Å²) in [5.41, 5.74) is 2.73. The van der Waals surface area contributed by atoms with Gasteiger partial charge in [0, 0.05) is 16.8 Å². The number of halogens is 3. The molecule has 5 rings (SSSR count). The number of para-hydroxylation sites is 1. The molecular formula is C27H18F3N3O2. The molecule has 1 amide bonds. The predicted octanol–water partition coefficient (Wildman–Crippen LogP) is 5.96. The second-order valence-electron chi connectivity index (χ2n) is 8.03. The van der Waals surface area contributed by atoms with Crippen LogP contribution in [0.15, 0.2) is 83.7 Å². The molecule has 0 bridgehead atoms. The normalized spacial score (nSPS) is 11.1. The second-order valence-corrected chi connectivity index (χ2v) is 8.03.